The van der Waals surface area contributed by atoms with Gasteiger partial charge < -0.3 is 10.1 Å². The van der Waals surface area contributed by atoms with E-state index >= 15 is 0 Å². The van der Waals surface area contributed by atoms with Crippen LogP contribution in [0.4, 0.5) is 5.69 Å². The minimum atomic E-state index is -0.0156. The van der Waals surface area contributed by atoms with E-state index in [0.717, 1.165) is 22.6 Å². The van der Waals surface area contributed by atoms with E-state index in [1.54, 1.807) is 7.11 Å². The van der Waals surface area contributed by atoms with Crippen LogP contribution < -0.4 is 10.1 Å². The minimum absolute atomic E-state index is 0.0156. The average Bonchev–Trinajstić information content (AvgIpc) is 2.45. The normalized spacial score (nSPS) is 12.0. The molecule has 3 heteroatoms. The first-order chi connectivity index (χ1) is 9.61. The third-order valence-corrected chi connectivity index (χ3v) is 3.53. The Kier molecular flexibility index (Phi) is 4.91. The first kappa shape index (κ1) is 14.7. The summed E-state index contributed by atoms with van der Waals surface area (Å²) in [6.45, 7) is 4.78. The van der Waals surface area contributed by atoms with Crippen molar-refractivity contribution in [3.05, 3.63) is 59.2 Å². The lowest BCUT2D eigenvalue weighted by molar-refractivity contribution is 0.410. The molecule has 0 spiro atoms. The summed E-state index contributed by atoms with van der Waals surface area (Å²) in [6.07, 6.45) is 0. The van der Waals surface area contributed by atoms with Gasteiger partial charge in [0.1, 0.15) is 5.75 Å². The van der Waals surface area contributed by atoms with Crippen molar-refractivity contribution in [2.24, 2.45) is 0 Å². The van der Waals surface area contributed by atoms with Crippen LogP contribution in [-0.4, -0.2) is 7.11 Å². The molecule has 2 rings (SSSR count). The van der Waals surface area contributed by atoms with Crippen LogP contribution >= 0.6 is 11.6 Å². The zero-order valence-corrected chi connectivity index (χ0v) is 12.9. The molecule has 0 aliphatic carbocycles. The number of aryl methyl sites for hydroxylation is 1. The van der Waals surface area contributed by atoms with E-state index in [1.165, 1.54) is 5.56 Å². The Morgan fingerprint density at radius 3 is 2.65 bits per heavy atom. The van der Waals surface area contributed by atoms with Gasteiger partial charge in [-0.2, -0.15) is 0 Å². The van der Waals surface area contributed by atoms with Gasteiger partial charge in [0.05, 0.1) is 12.5 Å². The maximum atomic E-state index is 6.21. The smallest absolute Gasteiger partial charge is 0.123 e. The van der Waals surface area contributed by atoms with Crippen molar-refractivity contribution >= 4 is 17.3 Å². The van der Waals surface area contributed by atoms with Crippen molar-refractivity contribution in [3.8, 4) is 5.75 Å². The largest absolute Gasteiger partial charge is 0.496 e. The van der Waals surface area contributed by atoms with Crippen LogP contribution in [0.25, 0.3) is 0 Å². The summed E-state index contributed by atoms with van der Waals surface area (Å²) >= 11 is 6.21. The Bertz CT molecular complexity index is 581. The van der Waals surface area contributed by atoms with Crippen LogP contribution in [0.15, 0.2) is 42.5 Å². The van der Waals surface area contributed by atoms with Crippen LogP contribution in [0.3, 0.4) is 0 Å². The lowest BCUT2D eigenvalue weighted by Gasteiger charge is -2.15. The fourth-order valence-corrected chi connectivity index (χ4v) is 2.43. The molecule has 2 nitrogen and oxygen atoms in total. The van der Waals surface area contributed by atoms with Crippen LogP contribution in [0.2, 0.25) is 0 Å². The number of methoxy groups -OCH3 is 1. The number of benzene rings is 2. The molecule has 0 amide bonds. The second kappa shape index (κ2) is 6.67. The molecule has 2 aromatic carbocycles. The molecule has 0 aromatic heterocycles. The Labute approximate surface area is 125 Å². The van der Waals surface area contributed by atoms with E-state index < -0.39 is 0 Å². The molecule has 0 radical (unpaired) electrons. The number of para-hydroxylation sites is 1. The van der Waals surface area contributed by atoms with E-state index in [4.69, 9.17) is 16.3 Å². The van der Waals surface area contributed by atoms with Gasteiger partial charge in [0.2, 0.25) is 0 Å². The summed E-state index contributed by atoms with van der Waals surface area (Å²) in [5, 5.41) is 3.43. The van der Waals surface area contributed by atoms with Gasteiger partial charge in [0, 0.05) is 17.8 Å². The number of alkyl halides is 1. The molecule has 106 valence electrons. The summed E-state index contributed by atoms with van der Waals surface area (Å²) < 4.78 is 5.40. The minimum Gasteiger partial charge on any atom is -0.496 e. The van der Waals surface area contributed by atoms with E-state index in [0.29, 0.717) is 6.54 Å². The van der Waals surface area contributed by atoms with E-state index in [1.807, 2.05) is 31.2 Å². The highest BCUT2D eigenvalue weighted by Gasteiger charge is 2.08. The second-order valence-corrected chi connectivity index (χ2v) is 5.53. The molecule has 0 bridgehead atoms. The Morgan fingerprint density at radius 2 is 1.95 bits per heavy atom. The zero-order valence-electron chi connectivity index (χ0n) is 12.1. The first-order valence-corrected chi connectivity index (χ1v) is 7.16. The fourth-order valence-electron chi connectivity index (χ4n) is 2.24. The number of anilines is 1. The third-order valence-electron chi connectivity index (χ3n) is 3.29. The lowest BCUT2D eigenvalue weighted by atomic mass is 10.1. The highest BCUT2D eigenvalue weighted by atomic mass is 35.5. The van der Waals surface area contributed by atoms with Crippen LogP contribution in [0, 0.1) is 6.92 Å². The van der Waals surface area contributed by atoms with Crippen molar-refractivity contribution in [2.45, 2.75) is 25.8 Å². The van der Waals surface area contributed by atoms with E-state index in [-0.39, 0.29) is 5.38 Å². The molecule has 1 atom stereocenters. The van der Waals surface area contributed by atoms with Gasteiger partial charge in [-0.05, 0) is 31.5 Å². The summed E-state index contributed by atoms with van der Waals surface area (Å²) in [5.74, 6) is 0.902. The van der Waals surface area contributed by atoms with Crippen LogP contribution in [-0.2, 0) is 6.54 Å². The molecule has 0 saturated carbocycles. The number of halogens is 1. The quantitative estimate of drug-likeness (QED) is 0.789. The predicted molar refractivity (Wildman–Crippen MR) is 85.8 cm³/mol. The van der Waals surface area contributed by atoms with Crippen molar-refractivity contribution < 1.29 is 4.74 Å². The van der Waals surface area contributed by atoms with Crippen LogP contribution in [0.1, 0.15) is 29.0 Å². The first-order valence-electron chi connectivity index (χ1n) is 6.72. The Morgan fingerprint density at radius 1 is 1.20 bits per heavy atom. The second-order valence-electron chi connectivity index (χ2n) is 4.87. The topological polar surface area (TPSA) is 21.3 Å². The van der Waals surface area contributed by atoms with Gasteiger partial charge in [-0.15, -0.1) is 11.6 Å². The molecule has 1 N–H and O–H groups in total. The van der Waals surface area contributed by atoms with Crippen molar-refractivity contribution in [3.63, 3.8) is 0 Å². The van der Waals surface area contributed by atoms with Gasteiger partial charge in [-0.3, -0.25) is 0 Å². The predicted octanol–water partition coefficient (Wildman–Crippen LogP) is 4.92. The summed E-state index contributed by atoms with van der Waals surface area (Å²) in [4.78, 5) is 0. The average molecular weight is 290 g/mol. The third kappa shape index (κ3) is 3.45. The van der Waals surface area contributed by atoms with Gasteiger partial charge >= 0.3 is 0 Å². The number of ether oxygens (including phenoxy) is 1. The summed E-state index contributed by atoms with van der Waals surface area (Å²) in [5.41, 5.74) is 4.55. The maximum absolute atomic E-state index is 6.21. The van der Waals surface area contributed by atoms with Gasteiger partial charge in [-0.1, -0.05) is 35.9 Å². The standard InChI is InChI=1S/C17H20ClNO/c1-12-8-9-17(20-3)14(10-12)11-19-16-7-5-4-6-15(16)13(2)18/h4-10,13,19H,11H2,1-3H3. The molecule has 2 aromatic rings. The Hall–Kier alpha value is -1.67. The number of rotatable bonds is 5. The van der Waals surface area contributed by atoms with Gasteiger partial charge in [-0.25, -0.2) is 0 Å². The molecule has 0 fully saturated rings. The Balaban J connectivity index is 2.19. The molecule has 1 unspecified atom stereocenters. The molecule has 20 heavy (non-hydrogen) atoms. The van der Waals surface area contributed by atoms with Gasteiger partial charge in [0.25, 0.3) is 0 Å². The van der Waals surface area contributed by atoms with Crippen molar-refractivity contribution in [2.75, 3.05) is 12.4 Å². The highest BCUT2D eigenvalue weighted by molar-refractivity contribution is 6.21. The van der Waals surface area contributed by atoms with Gasteiger partial charge in [0.15, 0.2) is 0 Å². The SMILES string of the molecule is COc1ccc(C)cc1CNc1ccccc1C(C)Cl. The summed E-state index contributed by atoms with van der Waals surface area (Å²) in [7, 11) is 1.70. The zero-order chi connectivity index (χ0) is 14.5. The van der Waals surface area contributed by atoms with Crippen molar-refractivity contribution in [1.29, 1.82) is 0 Å². The number of hydrogen-bond acceptors (Lipinski definition) is 2. The van der Waals surface area contributed by atoms with E-state index in [2.05, 4.69) is 30.4 Å². The van der Waals surface area contributed by atoms with Crippen LogP contribution in [0.5, 0.6) is 5.75 Å². The molecule has 0 aliphatic heterocycles. The lowest BCUT2D eigenvalue weighted by Crippen LogP contribution is -2.04. The number of nitrogens with one attached hydrogen (secondary N) is 1. The number of hydrogen-bond donors (Lipinski definition) is 1. The maximum Gasteiger partial charge on any atom is 0.123 e. The molecule has 0 heterocycles. The monoisotopic (exact) mass is 289 g/mol. The van der Waals surface area contributed by atoms with E-state index in [9.17, 15) is 0 Å². The summed E-state index contributed by atoms with van der Waals surface area (Å²) in [6, 6.07) is 14.3. The molecular formula is C17H20ClNO. The highest BCUT2D eigenvalue weighted by Crippen LogP contribution is 2.28. The fraction of sp³-hybridized carbons (Fsp3) is 0.294. The molecular weight excluding hydrogens is 270 g/mol. The molecule has 0 aliphatic rings. The molecule has 0 saturated heterocycles. The van der Waals surface area contributed by atoms with Crippen molar-refractivity contribution in [1.82, 2.24) is 0 Å².